The number of hydrogen-bond acceptors (Lipinski definition) is 20. The molecule has 3 radical (unpaired) electrons. The smallest absolute Gasteiger partial charge is 0.870 e. The molecule has 0 aromatic heterocycles. The first kappa shape index (κ1) is 93.5. The van der Waals surface area contributed by atoms with E-state index in [9.17, 15) is 0 Å². The van der Waals surface area contributed by atoms with Gasteiger partial charge in [0.2, 0.25) is 0 Å². The van der Waals surface area contributed by atoms with E-state index in [1.165, 1.54) is 0 Å². The van der Waals surface area contributed by atoms with E-state index in [2.05, 4.69) is 0 Å². The van der Waals surface area contributed by atoms with Crippen molar-refractivity contribution in [1.82, 2.24) is 0 Å². The monoisotopic (exact) mass is 940 g/mol. The van der Waals surface area contributed by atoms with Crippen molar-refractivity contribution >= 4 is 41.6 Å². The summed E-state index contributed by atoms with van der Waals surface area (Å²) in [7, 11) is -20.7. The average molecular weight is 943 g/mol. The van der Waals surface area contributed by atoms with Gasteiger partial charge in [-0.2, -0.15) is 0 Å². The number of hydrogen-bond donors (Lipinski definition) is 0. The van der Waals surface area contributed by atoms with Gasteiger partial charge in [0, 0.05) is 41.6 Å². The third-order valence-electron chi connectivity index (χ3n) is 0. The Hall–Kier alpha value is 3.10. The fraction of sp³-hybridized carbons (Fsp3) is 0. The summed E-state index contributed by atoms with van der Waals surface area (Å²) in [5.74, 6) is 0. The molecular formula is H4Ag3Fe3O20S4. The van der Waals surface area contributed by atoms with Crippen molar-refractivity contribution in [3.8, 4) is 0 Å². The van der Waals surface area contributed by atoms with Gasteiger partial charge in [-0.05, 0) is 0 Å². The minimum Gasteiger partial charge on any atom is -0.870 e. The molecule has 0 spiro atoms. The molecule has 30 heavy (non-hydrogen) atoms. The van der Waals surface area contributed by atoms with Crippen LogP contribution in [0.25, 0.3) is 0 Å². The Morgan fingerprint density at radius 1 is 0.300 bits per heavy atom. The molecule has 0 heterocycles. The van der Waals surface area contributed by atoms with Crippen LogP contribution in [0, 0.1) is 0 Å². The van der Waals surface area contributed by atoms with E-state index in [-0.39, 0.29) is 140 Å². The van der Waals surface area contributed by atoms with Gasteiger partial charge in [-0.15, -0.1) is 0 Å². The van der Waals surface area contributed by atoms with Gasteiger partial charge in [0.15, 0.2) is 0 Å². The van der Waals surface area contributed by atoms with Crippen LogP contribution in [0.1, 0.15) is 0 Å². The molecule has 0 atom stereocenters. The van der Waals surface area contributed by atoms with Crippen molar-refractivity contribution in [3.05, 3.63) is 0 Å². The Morgan fingerprint density at radius 3 is 0.300 bits per heavy atom. The normalized spacial score (nSPS) is 7.73. The molecule has 0 aliphatic carbocycles. The minimum atomic E-state index is -5.17. The van der Waals surface area contributed by atoms with Gasteiger partial charge in [0.05, 0.1) is 0 Å². The van der Waals surface area contributed by atoms with E-state index in [0.717, 1.165) is 0 Å². The molecular weight excluding hydrogens is 939 g/mol. The van der Waals surface area contributed by atoms with Crippen LogP contribution in [0.4, 0.5) is 0 Å². The van der Waals surface area contributed by atoms with Gasteiger partial charge < -0.3 is 58.3 Å². The molecule has 0 bridgehead atoms. The molecule has 30 heteroatoms. The molecule has 20 nitrogen and oxygen atoms in total. The second kappa shape index (κ2) is 42.3. The maximum absolute atomic E-state index is 8.52. The average Bonchev–Trinajstić information content (AvgIpc) is 1.62. The van der Waals surface area contributed by atoms with Gasteiger partial charge >= 0.3 is 118 Å². The Labute approximate surface area is 249 Å². The maximum atomic E-state index is 8.52. The summed E-state index contributed by atoms with van der Waals surface area (Å²) in [4.78, 5) is 0. The predicted molar refractivity (Wildman–Crippen MR) is 49.6 cm³/mol. The topological polar surface area (TPSA) is 441 Å². The van der Waals surface area contributed by atoms with Gasteiger partial charge in [0.1, 0.15) is 0 Å². The Bertz CT molecular complexity index is 496. The molecule has 4 N–H and O–H groups in total. The van der Waals surface area contributed by atoms with Crippen LogP contribution in [0.2, 0.25) is 0 Å². The molecule has 0 unspecified atom stereocenters. The van der Waals surface area contributed by atoms with E-state index in [4.69, 9.17) is 70.1 Å². The molecule has 0 fully saturated rings. The SMILES string of the molecule is O=S(=O)([O-])[O-].O=S(=O)([O-])[O-].O=S(=O)([O-])[O-].O=S(=O)([O-])[O-].[Ag+].[Ag+].[Ag+].[Fe+3].[Fe+3].[Fe+3].[OH-].[OH-].[OH-].[OH-]. The molecule has 0 aliphatic rings. The minimum absolute atomic E-state index is 0. The second-order valence-electron chi connectivity index (χ2n) is 1.63. The van der Waals surface area contributed by atoms with E-state index >= 15 is 0 Å². The molecule has 0 saturated heterocycles. The summed E-state index contributed by atoms with van der Waals surface area (Å²) in [5, 5.41) is 0. The van der Waals surface area contributed by atoms with Crippen molar-refractivity contribution in [3.63, 3.8) is 0 Å². The Morgan fingerprint density at radius 2 is 0.300 bits per heavy atom. The molecule has 0 aromatic carbocycles. The van der Waals surface area contributed by atoms with Crippen molar-refractivity contribution in [2.24, 2.45) is 0 Å². The van der Waals surface area contributed by atoms with Crippen LogP contribution in [0.3, 0.4) is 0 Å². The predicted octanol–water partition coefficient (Wildman–Crippen LogP) is -6.07. The third-order valence-corrected chi connectivity index (χ3v) is 0. The van der Waals surface area contributed by atoms with Gasteiger partial charge in [-0.25, -0.2) is 0 Å². The summed E-state index contributed by atoms with van der Waals surface area (Å²) in [5.41, 5.74) is 0. The zero-order valence-electron chi connectivity index (χ0n) is 11.9. The standard InChI is InChI=1S/3Ag.3Fe.4H2O4S.4H2O/c;;;;;;4*1-5(2,3)4;;;;/h;;;;;;4*(H2,1,2,3,4);4*1H2/q3*+1;3*+3;;;;;;;;/p-12. The molecule has 0 aromatic rings. The molecule has 205 valence electrons. The van der Waals surface area contributed by atoms with Crippen molar-refractivity contribution in [2.75, 3.05) is 0 Å². The molecule has 0 rings (SSSR count). The van der Waals surface area contributed by atoms with Crippen molar-refractivity contribution in [2.45, 2.75) is 0 Å². The number of rotatable bonds is 0. The molecule has 0 aliphatic heterocycles. The molecule has 0 amide bonds. The van der Waals surface area contributed by atoms with Crippen LogP contribution >= 0.6 is 0 Å². The fourth-order valence-electron chi connectivity index (χ4n) is 0. The van der Waals surface area contributed by atoms with E-state index in [1.807, 2.05) is 0 Å². The summed E-state index contributed by atoms with van der Waals surface area (Å²) < 4.78 is 136. The van der Waals surface area contributed by atoms with Crippen LogP contribution < -0.4 is 0 Å². The second-order valence-corrected chi connectivity index (χ2v) is 4.90. The van der Waals surface area contributed by atoms with Gasteiger partial charge in [0.25, 0.3) is 0 Å². The van der Waals surface area contributed by atoms with Crippen molar-refractivity contribution in [1.29, 1.82) is 0 Å². The van der Waals surface area contributed by atoms with Crippen LogP contribution in [-0.4, -0.2) is 92.0 Å². The maximum Gasteiger partial charge on any atom is 3.00 e. The zero-order chi connectivity index (χ0) is 18.0. The Kier molecular flexibility index (Phi) is 132. The summed E-state index contributed by atoms with van der Waals surface area (Å²) in [6, 6.07) is 0. The zero-order valence-corrected chi connectivity index (χ0v) is 22.9. The van der Waals surface area contributed by atoms with Crippen LogP contribution in [0.15, 0.2) is 0 Å². The van der Waals surface area contributed by atoms with Gasteiger partial charge in [-0.1, -0.05) is 0 Å². The summed E-state index contributed by atoms with van der Waals surface area (Å²) in [6.07, 6.45) is 0. The van der Waals surface area contributed by atoms with Crippen molar-refractivity contribution < 1.29 is 210 Å². The van der Waals surface area contributed by atoms with Crippen LogP contribution in [-0.2, 0) is 160 Å². The first-order valence-electron chi connectivity index (χ1n) is 2.67. The quantitative estimate of drug-likeness (QED) is 0.124. The largest absolute Gasteiger partial charge is 3.00 e. The van der Waals surface area contributed by atoms with E-state index in [1.54, 1.807) is 0 Å². The first-order chi connectivity index (χ1) is 8.00. The van der Waals surface area contributed by atoms with Crippen LogP contribution in [0.5, 0.6) is 0 Å². The third kappa shape index (κ3) is 2930. The summed E-state index contributed by atoms with van der Waals surface area (Å²) in [6.45, 7) is 0. The van der Waals surface area contributed by atoms with E-state index < -0.39 is 41.6 Å². The Balaban J connectivity index is -0.00000000853. The van der Waals surface area contributed by atoms with E-state index in [0.29, 0.717) is 0 Å². The fourth-order valence-corrected chi connectivity index (χ4v) is 0. The molecule has 0 saturated carbocycles. The summed E-state index contributed by atoms with van der Waals surface area (Å²) >= 11 is 0. The first-order valence-corrected chi connectivity index (χ1v) is 8.00. The van der Waals surface area contributed by atoms with Gasteiger partial charge in [-0.3, -0.25) is 33.7 Å².